The zero-order chi connectivity index (χ0) is 20.2. The molecule has 1 N–H and O–H groups in total. The fourth-order valence-corrected chi connectivity index (χ4v) is 4.21. The third-order valence-corrected chi connectivity index (χ3v) is 5.98. The standard InChI is InChI=1S/C22H24N4O2S/c1-15-12-17(28-2)7-8-18(15)24-21(27)19-14-29-22(25-19)16-6-9-20(23-13-16)26-10-4-3-5-11-26/h6-9,12-14H,3-5,10-11H2,1-2H3,(H,24,27). The molecule has 1 aliphatic heterocycles. The van der Waals surface area contributed by atoms with Crippen LogP contribution in [0.2, 0.25) is 0 Å². The number of carbonyl (C=O) groups is 1. The van der Waals surface area contributed by atoms with Crippen molar-refractivity contribution >= 4 is 28.7 Å². The zero-order valence-corrected chi connectivity index (χ0v) is 17.5. The van der Waals surface area contributed by atoms with Gasteiger partial charge in [0, 0.05) is 35.9 Å². The van der Waals surface area contributed by atoms with Crippen LogP contribution in [0, 0.1) is 6.92 Å². The van der Waals surface area contributed by atoms with Gasteiger partial charge in [-0.25, -0.2) is 9.97 Å². The Morgan fingerprint density at radius 1 is 1.17 bits per heavy atom. The van der Waals surface area contributed by atoms with Crippen molar-refractivity contribution in [2.24, 2.45) is 0 Å². The first-order valence-corrected chi connectivity index (χ1v) is 10.6. The van der Waals surface area contributed by atoms with E-state index in [-0.39, 0.29) is 5.91 Å². The molecule has 0 aliphatic carbocycles. The molecule has 0 unspecified atom stereocenters. The molecule has 1 saturated heterocycles. The largest absolute Gasteiger partial charge is 0.497 e. The quantitative estimate of drug-likeness (QED) is 0.659. The number of benzene rings is 1. The molecule has 2 aromatic heterocycles. The number of aromatic nitrogens is 2. The predicted molar refractivity (Wildman–Crippen MR) is 117 cm³/mol. The highest BCUT2D eigenvalue weighted by Gasteiger charge is 2.15. The Balaban J connectivity index is 1.45. The lowest BCUT2D eigenvalue weighted by molar-refractivity contribution is 0.102. The molecule has 0 atom stereocenters. The smallest absolute Gasteiger partial charge is 0.275 e. The SMILES string of the molecule is COc1ccc(NC(=O)c2csc(-c3ccc(N4CCCCC4)nc3)n2)c(C)c1. The average Bonchev–Trinajstić information content (AvgIpc) is 3.26. The molecular formula is C22H24N4O2S. The number of hydrogen-bond acceptors (Lipinski definition) is 6. The maximum absolute atomic E-state index is 12.6. The average molecular weight is 409 g/mol. The predicted octanol–water partition coefficient (Wildman–Crippen LogP) is 4.76. The van der Waals surface area contributed by atoms with Gasteiger partial charge in [0.05, 0.1) is 7.11 Å². The number of piperidine rings is 1. The molecule has 29 heavy (non-hydrogen) atoms. The van der Waals surface area contributed by atoms with E-state index >= 15 is 0 Å². The Morgan fingerprint density at radius 3 is 2.69 bits per heavy atom. The van der Waals surface area contributed by atoms with Gasteiger partial charge < -0.3 is 15.0 Å². The van der Waals surface area contributed by atoms with Crippen LogP contribution in [0.4, 0.5) is 11.5 Å². The van der Waals surface area contributed by atoms with E-state index in [2.05, 4.69) is 20.2 Å². The first kappa shape index (κ1) is 19.4. The van der Waals surface area contributed by atoms with Crippen LogP contribution in [0.3, 0.4) is 0 Å². The number of hydrogen-bond donors (Lipinski definition) is 1. The van der Waals surface area contributed by atoms with Crippen LogP contribution in [-0.4, -0.2) is 36.1 Å². The molecule has 3 aromatic rings. The maximum atomic E-state index is 12.6. The maximum Gasteiger partial charge on any atom is 0.275 e. The van der Waals surface area contributed by atoms with Crippen molar-refractivity contribution in [1.82, 2.24) is 9.97 Å². The van der Waals surface area contributed by atoms with Crippen molar-refractivity contribution in [1.29, 1.82) is 0 Å². The minimum atomic E-state index is -0.223. The number of aryl methyl sites for hydroxylation is 1. The first-order valence-electron chi connectivity index (χ1n) is 9.77. The van der Waals surface area contributed by atoms with E-state index < -0.39 is 0 Å². The summed E-state index contributed by atoms with van der Waals surface area (Å²) in [5, 5.41) is 5.49. The van der Waals surface area contributed by atoms with Gasteiger partial charge in [-0.1, -0.05) is 0 Å². The van der Waals surface area contributed by atoms with E-state index in [0.717, 1.165) is 46.5 Å². The summed E-state index contributed by atoms with van der Waals surface area (Å²) in [6, 6.07) is 9.62. The topological polar surface area (TPSA) is 67.3 Å². The van der Waals surface area contributed by atoms with Crippen molar-refractivity contribution in [3.63, 3.8) is 0 Å². The molecule has 0 saturated carbocycles. The van der Waals surface area contributed by atoms with Crippen molar-refractivity contribution in [2.45, 2.75) is 26.2 Å². The third-order valence-electron chi connectivity index (χ3n) is 5.09. The fraction of sp³-hybridized carbons (Fsp3) is 0.318. The van der Waals surface area contributed by atoms with E-state index in [0.29, 0.717) is 5.69 Å². The summed E-state index contributed by atoms with van der Waals surface area (Å²) in [5.41, 5.74) is 3.01. The van der Waals surface area contributed by atoms with Crippen LogP contribution in [0.25, 0.3) is 10.6 Å². The second kappa shape index (κ2) is 8.61. The van der Waals surface area contributed by atoms with E-state index in [9.17, 15) is 4.79 Å². The lowest BCUT2D eigenvalue weighted by atomic mass is 10.1. The van der Waals surface area contributed by atoms with Crippen LogP contribution in [0.15, 0.2) is 41.9 Å². The second-order valence-corrected chi connectivity index (χ2v) is 7.98. The van der Waals surface area contributed by atoms with Crippen molar-refractivity contribution in [2.75, 3.05) is 30.4 Å². The van der Waals surface area contributed by atoms with Gasteiger partial charge in [0.15, 0.2) is 0 Å². The molecule has 150 valence electrons. The van der Waals surface area contributed by atoms with Gasteiger partial charge in [-0.05, 0) is 62.1 Å². The van der Waals surface area contributed by atoms with Gasteiger partial charge in [0.25, 0.3) is 5.91 Å². The van der Waals surface area contributed by atoms with Gasteiger partial charge in [-0.2, -0.15) is 0 Å². The molecule has 0 radical (unpaired) electrons. The highest BCUT2D eigenvalue weighted by molar-refractivity contribution is 7.13. The lowest BCUT2D eigenvalue weighted by Gasteiger charge is -2.27. The summed E-state index contributed by atoms with van der Waals surface area (Å²) in [6.45, 7) is 4.07. The van der Waals surface area contributed by atoms with Crippen LogP contribution in [0.1, 0.15) is 35.3 Å². The number of amides is 1. The number of methoxy groups -OCH3 is 1. The molecule has 4 rings (SSSR count). The highest BCUT2D eigenvalue weighted by Crippen LogP contribution is 2.27. The number of thiazole rings is 1. The molecular weight excluding hydrogens is 384 g/mol. The Labute approximate surface area is 174 Å². The molecule has 1 amide bonds. The second-order valence-electron chi connectivity index (χ2n) is 7.13. The minimum absolute atomic E-state index is 0.223. The summed E-state index contributed by atoms with van der Waals surface area (Å²) in [6.07, 6.45) is 5.59. The van der Waals surface area contributed by atoms with E-state index in [1.807, 2.05) is 43.5 Å². The first-order chi connectivity index (χ1) is 14.1. The van der Waals surface area contributed by atoms with Crippen molar-refractivity contribution < 1.29 is 9.53 Å². The number of anilines is 2. The van der Waals surface area contributed by atoms with Crippen LogP contribution in [0.5, 0.6) is 5.75 Å². The number of nitrogens with zero attached hydrogens (tertiary/aromatic N) is 3. The van der Waals surface area contributed by atoms with Gasteiger partial charge in [0.1, 0.15) is 22.3 Å². The number of ether oxygens (including phenoxy) is 1. The third kappa shape index (κ3) is 4.40. The molecule has 1 aliphatic rings. The van der Waals surface area contributed by atoms with Gasteiger partial charge in [-0.15, -0.1) is 11.3 Å². The summed E-state index contributed by atoms with van der Waals surface area (Å²) in [7, 11) is 1.62. The van der Waals surface area contributed by atoms with Crippen molar-refractivity contribution in [3.8, 4) is 16.3 Å². The summed E-state index contributed by atoms with van der Waals surface area (Å²) < 4.78 is 5.21. The van der Waals surface area contributed by atoms with Gasteiger partial charge >= 0.3 is 0 Å². The summed E-state index contributed by atoms with van der Waals surface area (Å²) in [4.78, 5) is 24.0. The zero-order valence-electron chi connectivity index (χ0n) is 16.6. The number of nitrogens with one attached hydrogen (secondary N) is 1. The number of pyridine rings is 1. The molecule has 6 nitrogen and oxygen atoms in total. The van der Waals surface area contributed by atoms with E-state index in [1.54, 1.807) is 12.5 Å². The highest BCUT2D eigenvalue weighted by atomic mass is 32.1. The molecule has 1 fully saturated rings. The van der Waals surface area contributed by atoms with Gasteiger partial charge in [0.2, 0.25) is 0 Å². The van der Waals surface area contributed by atoms with Crippen LogP contribution >= 0.6 is 11.3 Å². The molecule has 0 bridgehead atoms. The normalized spacial score (nSPS) is 13.9. The molecule has 3 heterocycles. The monoisotopic (exact) mass is 408 g/mol. The molecule has 7 heteroatoms. The fourth-order valence-electron chi connectivity index (χ4n) is 3.42. The number of carbonyl (C=O) groups excluding carboxylic acids is 1. The number of rotatable bonds is 5. The summed E-state index contributed by atoms with van der Waals surface area (Å²) in [5.74, 6) is 1.55. The molecule has 0 spiro atoms. The Kier molecular flexibility index (Phi) is 5.76. The lowest BCUT2D eigenvalue weighted by Crippen LogP contribution is -2.29. The summed E-state index contributed by atoms with van der Waals surface area (Å²) >= 11 is 1.45. The Hall–Kier alpha value is -2.93. The van der Waals surface area contributed by atoms with E-state index in [1.165, 1.54) is 30.6 Å². The van der Waals surface area contributed by atoms with Gasteiger partial charge in [-0.3, -0.25) is 4.79 Å². The minimum Gasteiger partial charge on any atom is -0.497 e. The Bertz CT molecular complexity index is 994. The molecule has 1 aromatic carbocycles. The van der Waals surface area contributed by atoms with E-state index in [4.69, 9.17) is 4.74 Å². The van der Waals surface area contributed by atoms with Crippen LogP contribution < -0.4 is 15.0 Å². The van der Waals surface area contributed by atoms with Crippen LogP contribution in [-0.2, 0) is 0 Å². The van der Waals surface area contributed by atoms with Crippen molar-refractivity contribution in [3.05, 3.63) is 53.2 Å². The Morgan fingerprint density at radius 2 is 2.00 bits per heavy atom.